The van der Waals surface area contributed by atoms with E-state index in [1.54, 1.807) is 18.5 Å². The fraction of sp³-hybridized carbons (Fsp3) is 0.286. The van der Waals surface area contributed by atoms with Crippen molar-refractivity contribution in [2.24, 2.45) is 0 Å². The molecule has 2 aliphatic heterocycles. The number of ether oxygens (including phenoxy) is 2. The fourth-order valence-electron chi connectivity index (χ4n) is 5.86. The topological polar surface area (TPSA) is 107 Å². The quantitative estimate of drug-likeness (QED) is 0.0871. The Morgan fingerprint density at radius 1 is 0.604 bits per heavy atom. The number of para-hydroxylation sites is 1. The van der Waals surface area contributed by atoms with Crippen LogP contribution in [-0.4, -0.2) is 74.1 Å². The number of rotatable bonds is 16. The first-order valence-electron chi connectivity index (χ1n) is 18.2. The van der Waals surface area contributed by atoms with Gasteiger partial charge in [0.15, 0.2) is 0 Å². The van der Waals surface area contributed by atoms with Crippen LogP contribution in [0.25, 0.3) is 11.1 Å². The molecule has 0 saturated heterocycles. The maximum Gasteiger partial charge on any atom is 0.257 e. The lowest BCUT2D eigenvalue weighted by molar-refractivity contribution is -0.111. The SMILES string of the molecule is CCN(CC)CCOc1ccc(NC=C2C(=O)Nc3cc(F)ccc32)cc1.CCN(CC)CCOc1ccc(NC=C2C(=O)Nc3ccccc32)cc1. The predicted octanol–water partition coefficient (Wildman–Crippen LogP) is 7.76. The molecular formula is C42H49FN6O4. The van der Waals surface area contributed by atoms with Crippen molar-refractivity contribution in [2.75, 3.05) is 73.7 Å². The van der Waals surface area contributed by atoms with Gasteiger partial charge in [-0.2, -0.15) is 0 Å². The monoisotopic (exact) mass is 720 g/mol. The van der Waals surface area contributed by atoms with Crippen LogP contribution in [0.5, 0.6) is 11.5 Å². The van der Waals surface area contributed by atoms with E-state index in [1.807, 2.05) is 72.8 Å². The molecule has 278 valence electrons. The highest BCUT2D eigenvalue weighted by Gasteiger charge is 2.25. The third-order valence-electron chi connectivity index (χ3n) is 9.09. The summed E-state index contributed by atoms with van der Waals surface area (Å²) in [5, 5.41) is 11.8. The number of hydrogen-bond donors (Lipinski definition) is 4. The molecule has 0 unspecified atom stereocenters. The summed E-state index contributed by atoms with van der Waals surface area (Å²) >= 11 is 0. The van der Waals surface area contributed by atoms with Gasteiger partial charge in [0, 0.05) is 53.7 Å². The molecule has 4 N–H and O–H groups in total. The number of benzene rings is 4. The van der Waals surface area contributed by atoms with Crippen LogP contribution in [0.3, 0.4) is 0 Å². The second-order valence-electron chi connectivity index (χ2n) is 12.3. The molecule has 0 aromatic heterocycles. The lowest BCUT2D eigenvalue weighted by atomic mass is 10.1. The first-order valence-corrected chi connectivity index (χ1v) is 18.2. The van der Waals surface area contributed by atoms with Gasteiger partial charge in [0.1, 0.15) is 30.5 Å². The van der Waals surface area contributed by atoms with Gasteiger partial charge in [0.05, 0.1) is 16.8 Å². The highest BCUT2D eigenvalue weighted by molar-refractivity contribution is 6.32. The van der Waals surface area contributed by atoms with E-state index in [0.29, 0.717) is 35.6 Å². The number of nitrogens with one attached hydrogen (secondary N) is 4. The molecule has 11 heteroatoms. The number of nitrogens with zero attached hydrogens (tertiary/aromatic N) is 2. The Morgan fingerprint density at radius 3 is 1.55 bits per heavy atom. The summed E-state index contributed by atoms with van der Waals surface area (Å²) in [6.45, 7) is 15.8. The van der Waals surface area contributed by atoms with Gasteiger partial charge >= 0.3 is 0 Å². The molecule has 4 aromatic rings. The molecule has 0 saturated carbocycles. The summed E-state index contributed by atoms with van der Waals surface area (Å²) in [5.41, 5.74) is 5.80. The van der Waals surface area contributed by atoms with Crippen molar-refractivity contribution in [3.05, 3.63) is 120 Å². The maximum atomic E-state index is 13.3. The summed E-state index contributed by atoms with van der Waals surface area (Å²) in [6, 6.07) is 27.3. The maximum absolute atomic E-state index is 13.3. The minimum atomic E-state index is -0.375. The van der Waals surface area contributed by atoms with Crippen molar-refractivity contribution >= 4 is 45.7 Å². The smallest absolute Gasteiger partial charge is 0.257 e. The lowest BCUT2D eigenvalue weighted by Gasteiger charge is -2.18. The van der Waals surface area contributed by atoms with E-state index in [1.165, 1.54) is 12.1 Å². The number of amides is 2. The number of likely N-dealkylation sites (N-methyl/N-ethyl adjacent to an activating group) is 2. The summed E-state index contributed by atoms with van der Waals surface area (Å²) in [4.78, 5) is 28.8. The van der Waals surface area contributed by atoms with Crippen molar-refractivity contribution < 1.29 is 23.5 Å². The number of fused-ring (bicyclic) bond motifs is 2. The van der Waals surface area contributed by atoms with Crippen LogP contribution >= 0.6 is 0 Å². The van der Waals surface area contributed by atoms with Gasteiger partial charge in [0.25, 0.3) is 11.8 Å². The van der Waals surface area contributed by atoms with E-state index in [4.69, 9.17) is 9.47 Å². The van der Waals surface area contributed by atoms with Crippen LogP contribution in [0.2, 0.25) is 0 Å². The van der Waals surface area contributed by atoms with Crippen LogP contribution < -0.4 is 30.7 Å². The van der Waals surface area contributed by atoms with Gasteiger partial charge in [-0.15, -0.1) is 0 Å². The van der Waals surface area contributed by atoms with E-state index in [9.17, 15) is 14.0 Å². The molecule has 0 radical (unpaired) electrons. The minimum Gasteiger partial charge on any atom is -0.492 e. The van der Waals surface area contributed by atoms with Crippen LogP contribution in [0, 0.1) is 5.82 Å². The van der Waals surface area contributed by atoms with Crippen LogP contribution in [-0.2, 0) is 9.59 Å². The van der Waals surface area contributed by atoms with E-state index < -0.39 is 0 Å². The Kier molecular flexibility index (Phi) is 14.0. The molecule has 2 aliphatic rings. The third kappa shape index (κ3) is 10.7. The minimum absolute atomic E-state index is 0.0879. The van der Waals surface area contributed by atoms with Crippen molar-refractivity contribution in [3.8, 4) is 11.5 Å². The molecule has 0 atom stereocenters. The zero-order valence-corrected chi connectivity index (χ0v) is 30.9. The normalized spacial score (nSPS) is 14.4. The van der Waals surface area contributed by atoms with Gasteiger partial charge in [-0.1, -0.05) is 45.9 Å². The van der Waals surface area contributed by atoms with Crippen molar-refractivity contribution in [2.45, 2.75) is 27.7 Å². The molecule has 2 heterocycles. The average Bonchev–Trinajstić information content (AvgIpc) is 3.67. The first-order chi connectivity index (χ1) is 25.8. The molecule has 53 heavy (non-hydrogen) atoms. The van der Waals surface area contributed by atoms with Crippen molar-refractivity contribution in [1.29, 1.82) is 0 Å². The molecule has 0 fully saturated rings. The Balaban J connectivity index is 0.000000204. The highest BCUT2D eigenvalue weighted by atomic mass is 19.1. The van der Waals surface area contributed by atoms with E-state index >= 15 is 0 Å². The van der Waals surface area contributed by atoms with E-state index in [0.717, 1.165) is 73.4 Å². The summed E-state index contributed by atoms with van der Waals surface area (Å²) in [6.07, 6.45) is 3.38. The van der Waals surface area contributed by atoms with E-state index in [2.05, 4.69) is 58.8 Å². The lowest BCUT2D eigenvalue weighted by Crippen LogP contribution is -2.27. The van der Waals surface area contributed by atoms with Crippen LogP contribution in [0.1, 0.15) is 38.8 Å². The molecule has 4 aromatic carbocycles. The largest absolute Gasteiger partial charge is 0.492 e. The van der Waals surface area contributed by atoms with Crippen LogP contribution in [0.15, 0.2) is 103 Å². The van der Waals surface area contributed by atoms with Crippen molar-refractivity contribution in [3.63, 3.8) is 0 Å². The summed E-state index contributed by atoms with van der Waals surface area (Å²) < 4.78 is 24.8. The number of anilines is 4. The molecule has 0 spiro atoms. The molecule has 10 nitrogen and oxygen atoms in total. The third-order valence-corrected chi connectivity index (χ3v) is 9.09. The van der Waals surface area contributed by atoms with Gasteiger partial charge in [-0.05, 0) is 99.0 Å². The fourth-order valence-corrected chi connectivity index (χ4v) is 5.86. The van der Waals surface area contributed by atoms with Gasteiger partial charge in [0.2, 0.25) is 0 Å². The van der Waals surface area contributed by atoms with Gasteiger partial charge < -0.3 is 40.5 Å². The summed E-state index contributed by atoms with van der Waals surface area (Å²) in [5.74, 6) is 0.938. The van der Waals surface area contributed by atoms with E-state index in [-0.39, 0.29) is 17.6 Å². The zero-order chi connectivity index (χ0) is 37.6. The van der Waals surface area contributed by atoms with Gasteiger partial charge in [-0.3, -0.25) is 9.59 Å². The van der Waals surface area contributed by atoms with Crippen LogP contribution in [0.4, 0.5) is 27.1 Å². The first kappa shape index (κ1) is 38.6. The zero-order valence-electron chi connectivity index (χ0n) is 30.9. The number of carbonyl (C=O) groups excluding carboxylic acids is 2. The summed E-state index contributed by atoms with van der Waals surface area (Å²) in [7, 11) is 0. The molecule has 0 aliphatic carbocycles. The highest BCUT2D eigenvalue weighted by Crippen LogP contribution is 2.33. The Morgan fingerprint density at radius 2 is 1.06 bits per heavy atom. The molecule has 0 bridgehead atoms. The standard InChI is InChI=1S/C21H24FN3O2.C21H25N3O2/c1-3-25(4-2)11-12-27-17-8-6-16(7-9-17)23-14-19-18-10-5-15(22)13-20(18)24-21(19)26;1-3-24(4-2)13-14-26-17-11-9-16(10-12-17)22-15-19-18-7-5-6-8-20(18)23-21(19)25/h5-10,13-14,23H,3-4,11-12H2,1-2H3,(H,24,26);5-12,15,22H,3-4,13-14H2,1-2H3,(H,23,25). The van der Waals surface area contributed by atoms with Crippen molar-refractivity contribution in [1.82, 2.24) is 9.80 Å². The second-order valence-corrected chi connectivity index (χ2v) is 12.3. The number of carbonyl (C=O) groups is 2. The molecular weight excluding hydrogens is 671 g/mol. The Hall–Kier alpha value is -5.65. The number of halogens is 1. The molecule has 6 rings (SSSR count). The average molecular weight is 721 g/mol. The predicted molar refractivity (Wildman–Crippen MR) is 213 cm³/mol. The number of hydrogen-bond acceptors (Lipinski definition) is 8. The molecule has 2 amide bonds. The second kappa shape index (κ2) is 19.3. The Labute approximate surface area is 311 Å². The Bertz CT molecular complexity index is 1890. The van der Waals surface area contributed by atoms with Gasteiger partial charge in [-0.25, -0.2) is 4.39 Å².